The van der Waals surface area contributed by atoms with Crippen molar-refractivity contribution in [3.8, 4) is 28.4 Å². The van der Waals surface area contributed by atoms with Gasteiger partial charge in [0.05, 0.1) is 12.6 Å². The first-order valence-electron chi connectivity index (χ1n) is 9.90. The number of rotatable bonds is 5. The van der Waals surface area contributed by atoms with Gasteiger partial charge in [-0.3, -0.25) is 4.90 Å². The summed E-state index contributed by atoms with van der Waals surface area (Å²) >= 11 is 0. The van der Waals surface area contributed by atoms with E-state index in [-0.39, 0.29) is 0 Å². The highest BCUT2D eigenvalue weighted by Crippen LogP contribution is 2.33. The lowest BCUT2D eigenvalue weighted by Gasteiger charge is -2.17. The average Bonchev–Trinajstić information content (AvgIpc) is 3.34. The summed E-state index contributed by atoms with van der Waals surface area (Å²) in [6.07, 6.45) is 0. The molecule has 6 heteroatoms. The fraction of sp³-hybridized carbons (Fsp3) is 0.0800. The van der Waals surface area contributed by atoms with Gasteiger partial charge in [-0.2, -0.15) is 0 Å². The normalized spacial score (nSPS) is 10.9. The van der Waals surface area contributed by atoms with Crippen LogP contribution in [0.15, 0.2) is 89.5 Å². The van der Waals surface area contributed by atoms with Crippen LogP contribution >= 0.6 is 0 Å². The minimum Gasteiger partial charge on any atom is -0.497 e. The number of nitrogens with zero attached hydrogens (tertiary/aromatic N) is 4. The Morgan fingerprint density at radius 2 is 1.55 bits per heavy atom. The maximum absolute atomic E-state index is 5.67. The second kappa shape index (κ2) is 7.91. The summed E-state index contributed by atoms with van der Waals surface area (Å²) in [5.74, 6) is 2.80. The van der Waals surface area contributed by atoms with E-state index < -0.39 is 0 Å². The molecule has 5 rings (SSSR count). The molecule has 2 aromatic heterocycles. The van der Waals surface area contributed by atoms with E-state index in [0.717, 1.165) is 39.3 Å². The lowest BCUT2D eigenvalue weighted by atomic mass is 10.1. The average molecular weight is 408 g/mol. The van der Waals surface area contributed by atoms with E-state index in [2.05, 4.69) is 5.16 Å². The van der Waals surface area contributed by atoms with Gasteiger partial charge in [-0.25, -0.2) is 9.97 Å². The molecule has 0 radical (unpaired) electrons. The van der Waals surface area contributed by atoms with Crippen LogP contribution < -0.4 is 9.64 Å². The summed E-state index contributed by atoms with van der Waals surface area (Å²) in [7, 11) is 3.57. The van der Waals surface area contributed by atoms with Crippen LogP contribution in [0.1, 0.15) is 0 Å². The Morgan fingerprint density at radius 1 is 0.806 bits per heavy atom. The number of hydrogen-bond donors (Lipinski definition) is 0. The highest BCUT2D eigenvalue weighted by molar-refractivity contribution is 5.92. The molecule has 0 bridgehead atoms. The van der Waals surface area contributed by atoms with Crippen molar-refractivity contribution < 1.29 is 9.26 Å². The molecule has 0 N–H and O–H groups in total. The quantitative estimate of drug-likeness (QED) is 0.370. The van der Waals surface area contributed by atoms with Crippen molar-refractivity contribution in [3.63, 3.8) is 0 Å². The second-order valence-electron chi connectivity index (χ2n) is 7.09. The first-order valence-corrected chi connectivity index (χ1v) is 9.90. The fourth-order valence-corrected chi connectivity index (χ4v) is 3.46. The summed E-state index contributed by atoms with van der Waals surface area (Å²) in [5.41, 5.74) is 3.51. The molecule has 0 aliphatic carbocycles. The summed E-state index contributed by atoms with van der Waals surface area (Å²) in [5, 5.41) is 5.19. The van der Waals surface area contributed by atoms with Gasteiger partial charge in [0.25, 0.3) is 0 Å². The molecule has 0 amide bonds. The molecule has 6 nitrogen and oxygen atoms in total. The molecule has 0 saturated carbocycles. The molecule has 152 valence electrons. The Labute approximate surface area is 179 Å². The molecule has 3 aromatic carbocycles. The molecule has 31 heavy (non-hydrogen) atoms. The minimum absolute atomic E-state index is 0.591. The zero-order valence-corrected chi connectivity index (χ0v) is 17.2. The third-order valence-electron chi connectivity index (χ3n) is 5.15. The highest BCUT2D eigenvalue weighted by Gasteiger charge is 2.18. The molecule has 0 spiro atoms. The number of anilines is 2. The zero-order valence-electron chi connectivity index (χ0n) is 17.2. The predicted molar refractivity (Wildman–Crippen MR) is 122 cm³/mol. The van der Waals surface area contributed by atoms with Crippen molar-refractivity contribution in [2.75, 3.05) is 19.1 Å². The Balaban J connectivity index is 1.56. The third kappa shape index (κ3) is 3.59. The van der Waals surface area contributed by atoms with Crippen LogP contribution in [0.5, 0.6) is 5.75 Å². The maximum atomic E-state index is 5.67. The zero-order chi connectivity index (χ0) is 21.2. The van der Waals surface area contributed by atoms with Crippen molar-refractivity contribution in [1.29, 1.82) is 0 Å². The first-order chi connectivity index (χ1) is 15.2. The van der Waals surface area contributed by atoms with Crippen LogP contribution in [-0.4, -0.2) is 29.3 Å². The monoisotopic (exact) mass is 408 g/mol. The number of hydrogen-bond acceptors (Lipinski definition) is 6. The van der Waals surface area contributed by atoms with E-state index in [1.807, 2.05) is 96.9 Å². The number of para-hydroxylation sites is 1. The van der Waals surface area contributed by atoms with Crippen molar-refractivity contribution in [2.24, 2.45) is 0 Å². The van der Waals surface area contributed by atoms with Gasteiger partial charge in [0.1, 0.15) is 17.3 Å². The highest BCUT2D eigenvalue weighted by atomic mass is 16.5. The summed E-state index contributed by atoms with van der Waals surface area (Å²) in [4.78, 5) is 11.5. The fourth-order valence-electron chi connectivity index (χ4n) is 3.46. The van der Waals surface area contributed by atoms with Crippen LogP contribution in [0.3, 0.4) is 0 Å². The van der Waals surface area contributed by atoms with Crippen LogP contribution in [-0.2, 0) is 0 Å². The van der Waals surface area contributed by atoms with Gasteiger partial charge in [-0.05, 0) is 36.4 Å². The summed E-state index contributed by atoms with van der Waals surface area (Å²) < 4.78 is 10.9. The van der Waals surface area contributed by atoms with Crippen molar-refractivity contribution in [3.05, 3.63) is 84.9 Å². The number of aromatic nitrogens is 3. The molecule has 0 saturated heterocycles. The van der Waals surface area contributed by atoms with Crippen LogP contribution in [0.25, 0.3) is 33.5 Å². The predicted octanol–water partition coefficient (Wildman–Crippen LogP) is 5.73. The van der Waals surface area contributed by atoms with Gasteiger partial charge in [-0.1, -0.05) is 47.6 Å². The van der Waals surface area contributed by atoms with Gasteiger partial charge in [-0.15, -0.1) is 0 Å². The van der Waals surface area contributed by atoms with Crippen LogP contribution in [0, 0.1) is 0 Å². The van der Waals surface area contributed by atoms with Gasteiger partial charge >= 0.3 is 0 Å². The second-order valence-corrected chi connectivity index (χ2v) is 7.09. The van der Waals surface area contributed by atoms with Crippen LogP contribution in [0.4, 0.5) is 11.7 Å². The lowest BCUT2D eigenvalue weighted by molar-refractivity contribution is 0.414. The maximum Gasteiger partial charge on any atom is 0.233 e. The van der Waals surface area contributed by atoms with Crippen LogP contribution in [0.2, 0.25) is 0 Å². The molecule has 0 aliphatic heterocycles. The number of ether oxygens (including phenoxy) is 1. The van der Waals surface area contributed by atoms with Crippen molar-refractivity contribution in [1.82, 2.24) is 15.1 Å². The number of benzene rings is 3. The number of fused-ring (bicyclic) bond motifs is 1. The molecule has 0 fully saturated rings. The minimum atomic E-state index is 0.591. The molecule has 0 unspecified atom stereocenters. The van der Waals surface area contributed by atoms with Gasteiger partial charge in [0.2, 0.25) is 5.88 Å². The standard InChI is InChI=1S/C25H20N4O2/c1-29(23-16-22(28-31-23)17-12-14-19(30-2)15-13-17)25-20-10-6-7-11-21(20)26-24(27-25)18-8-4-3-5-9-18/h3-16H,1-2H3. The van der Waals surface area contributed by atoms with Gasteiger partial charge in [0, 0.05) is 29.6 Å². The lowest BCUT2D eigenvalue weighted by Crippen LogP contribution is -2.12. The SMILES string of the molecule is COc1ccc(-c2cc(N(C)c3nc(-c4ccccc4)nc4ccccc34)on2)cc1. The van der Waals surface area contributed by atoms with Crippen molar-refractivity contribution in [2.45, 2.75) is 0 Å². The first kappa shape index (κ1) is 18.8. The van der Waals surface area contributed by atoms with E-state index in [0.29, 0.717) is 11.7 Å². The third-order valence-corrected chi connectivity index (χ3v) is 5.15. The van der Waals surface area contributed by atoms with Gasteiger partial charge in [0.15, 0.2) is 5.82 Å². The summed E-state index contributed by atoms with van der Waals surface area (Å²) in [6, 6.07) is 27.5. The molecule has 0 atom stereocenters. The summed E-state index contributed by atoms with van der Waals surface area (Å²) in [6.45, 7) is 0. The Morgan fingerprint density at radius 3 is 2.32 bits per heavy atom. The Kier molecular flexibility index (Phi) is 4.80. The topological polar surface area (TPSA) is 64.3 Å². The van der Waals surface area contributed by atoms with E-state index in [1.165, 1.54) is 0 Å². The van der Waals surface area contributed by atoms with E-state index >= 15 is 0 Å². The molecule has 2 heterocycles. The number of methoxy groups -OCH3 is 1. The Hall–Kier alpha value is -4.19. The van der Waals surface area contributed by atoms with Crippen molar-refractivity contribution >= 4 is 22.6 Å². The van der Waals surface area contributed by atoms with E-state index in [9.17, 15) is 0 Å². The molecule has 5 aromatic rings. The smallest absolute Gasteiger partial charge is 0.233 e. The molecular weight excluding hydrogens is 388 g/mol. The van der Waals surface area contributed by atoms with E-state index in [4.69, 9.17) is 19.2 Å². The Bertz CT molecular complexity index is 1330. The van der Waals surface area contributed by atoms with Gasteiger partial charge < -0.3 is 9.26 Å². The molecule has 0 aliphatic rings. The largest absolute Gasteiger partial charge is 0.497 e. The molecular formula is C25H20N4O2. The van der Waals surface area contributed by atoms with E-state index in [1.54, 1.807) is 7.11 Å².